The standard InChI is InChI=1S/C14H19Cl2FN2.ClH/c1-2-3-12(19-8-6-18-7-9-19)13-11(17)5-4-10(15)14(13)16;/h4-5,12,18H,2-3,6-9H2,1H3;1H/t12-;/m1./s1. The van der Waals surface area contributed by atoms with Gasteiger partial charge in [-0.25, -0.2) is 4.39 Å². The van der Waals surface area contributed by atoms with Crippen LogP contribution in [0.2, 0.25) is 10.0 Å². The maximum absolute atomic E-state index is 14.2. The molecule has 114 valence electrons. The Morgan fingerprint density at radius 2 is 1.95 bits per heavy atom. The second kappa shape index (κ2) is 8.40. The van der Waals surface area contributed by atoms with Crippen LogP contribution in [0.3, 0.4) is 0 Å². The van der Waals surface area contributed by atoms with Gasteiger partial charge in [-0.15, -0.1) is 12.4 Å². The van der Waals surface area contributed by atoms with Crippen LogP contribution in [0.1, 0.15) is 31.4 Å². The zero-order chi connectivity index (χ0) is 13.8. The molecule has 1 aromatic rings. The molecule has 1 aliphatic heterocycles. The molecule has 0 unspecified atom stereocenters. The molecule has 0 amide bonds. The van der Waals surface area contributed by atoms with Gasteiger partial charge in [0.2, 0.25) is 0 Å². The van der Waals surface area contributed by atoms with E-state index in [-0.39, 0.29) is 24.3 Å². The monoisotopic (exact) mass is 340 g/mol. The van der Waals surface area contributed by atoms with Gasteiger partial charge in [0.1, 0.15) is 5.82 Å². The van der Waals surface area contributed by atoms with E-state index in [1.165, 1.54) is 12.1 Å². The number of nitrogens with zero attached hydrogens (tertiary/aromatic N) is 1. The second-order valence-corrected chi connectivity index (χ2v) is 5.63. The zero-order valence-electron chi connectivity index (χ0n) is 11.5. The molecule has 1 fully saturated rings. The van der Waals surface area contributed by atoms with Crippen molar-refractivity contribution in [2.24, 2.45) is 0 Å². The van der Waals surface area contributed by atoms with E-state index in [2.05, 4.69) is 17.1 Å². The van der Waals surface area contributed by atoms with Crippen molar-refractivity contribution in [1.29, 1.82) is 0 Å². The molecule has 0 aromatic heterocycles. The highest BCUT2D eigenvalue weighted by molar-refractivity contribution is 6.42. The molecular weight excluding hydrogens is 322 g/mol. The molecular formula is C14H20Cl3FN2. The Morgan fingerprint density at radius 1 is 1.30 bits per heavy atom. The van der Waals surface area contributed by atoms with Crippen molar-refractivity contribution in [3.05, 3.63) is 33.6 Å². The molecule has 0 bridgehead atoms. The smallest absolute Gasteiger partial charge is 0.129 e. The van der Waals surface area contributed by atoms with Crippen molar-refractivity contribution in [1.82, 2.24) is 10.2 Å². The molecule has 1 aliphatic rings. The third-order valence-electron chi connectivity index (χ3n) is 3.57. The van der Waals surface area contributed by atoms with Crippen LogP contribution in [0.5, 0.6) is 0 Å². The van der Waals surface area contributed by atoms with E-state index in [4.69, 9.17) is 23.2 Å². The molecule has 1 aromatic carbocycles. The minimum atomic E-state index is -0.258. The largest absolute Gasteiger partial charge is 0.314 e. The fourth-order valence-corrected chi connectivity index (χ4v) is 3.07. The summed E-state index contributed by atoms with van der Waals surface area (Å²) in [7, 11) is 0. The molecule has 1 atom stereocenters. The van der Waals surface area contributed by atoms with Gasteiger partial charge in [-0.2, -0.15) is 0 Å². The van der Waals surface area contributed by atoms with Crippen LogP contribution in [-0.4, -0.2) is 31.1 Å². The maximum Gasteiger partial charge on any atom is 0.129 e. The van der Waals surface area contributed by atoms with Gasteiger partial charge in [0.05, 0.1) is 10.0 Å². The van der Waals surface area contributed by atoms with Gasteiger partial charge >= 0.3 is 0 Å². The predicted molar refractivity (Wildman–Crippen MR) is 85.8 cm³/mol. The van der Waals surface area contributed by atoms with Crippen LogP contribution in [0.25, 0.3) is 0 Å². The van der Waals surface area contributed by atoms with Gasteiger partial charge in [-0.05, 0) is 18.6 Å². The zero-order valence-corrected chi connectivity index (χ0v) is 13.8. The molecule has 1 heterocycles. The molecule has 1 N–H and O–H groups in total. The minimum absolute atomic E-state index is 0. The van der Waals surface area contributed by atoms with Crippen LogP contribution in [0.15, 0.2) is 12.1 Å². The summed E-state index contributed by atoms with van der Waals surface area (Å²) in [4.78, 5) is 2.29. The van der Waals surface area contributed by atoms with Crippen molar-refractivity contribution in [3.63, 3.8) is 0 Å². The van der Waals surface area contributed by atoms with Crippen LogP contribution in [-0.2, 0) is 0 Å². The van der Waals surface area contributed by atoms with Gasteiger partial charge < -0.3 is 5.32 Å². The molecule has 0 radical (unpaired) electrons. The lowest BCUT2D eigenvalue weighted by atomic mass is 9.99. The van der Waals surface area contributed by atoms with E-state index < -0.39 is 0 Å². The summed E-state index contributed by atoms with van der Waals surface area (Å²) in [6, 6.07) is 2.94. The Bertz CT molecular complexity index is 437. The van der Waals surface area contributed by atoms with Gasteiger partial charge in [0.15, 0.2) is 0 Å². The van der Waals surface area contributed by atoms with E-state index in [0.717, 1.165) is 39.0 Å². The lowest BCUT2D eigenvalue weighted by Gasteiger charge is -2.35. The Hall–Kier alpha value is -0.0600. The van der Waals surface area contributed by atoms with E-state index in [9.17, 15) is 4.39 Å². The SMILES string of the molecule is CCC[C@H](c1c(F)ccc(Cl)c1Cl)N1CCNCC1.Cl. The highest BCUT2D eigenvalue weighted by Crippen LogP contribution is 2.37. The highest BCUT2D eigenvalue weighted by atomic mass is 35.5. The summed E-state index contributed by atoms with van der Waals surface area (Å²) in [6.45, 7) is 5.78. The van der Waals surface area contributed by atoms with Gasteiger partial charge in [-0.3, -0.25) is 4.90 Å². The molecule has 2 nitrogen and oxygen atoms in total. The fourth-order valence-electron chi connectivity index (χ4n) is 2.62. The normalized spacial score (nSPS) is 17.6. The van der Waals surface area contributed by atoms with Gasteiger partial charge in [-0.1, -0.05) is 36.5 Å². The number of hydrogen-bond donors (Lipinski definition) is 1. The number of benzene rings is 1. The summed E-state index contributed by atoms with van der Waals surface area (Å²) in [5, 5.41) is 4.09. The van der Waals surface area contributed by atoms with Crippen molar-refractivity contribution < 1.29 is 4.39 Å². The van der Waals surface area contributed by atoms with E-state index in [1.54, 1.807) is 0 Å². The predicted octanol–water partition coefficient (Wildman–Crippen LogP) is 4.30. The van der Waals surface area contributed by atoms with Crippen molar-refractivity contribution >= 4 is 35.6 Å². The Balaban J connectivity index is 0.00000200. The number of hydrogen-bond acceptors (Lipinski definition) is 2. The second-order valence-electron chi connectivity index (χ2n) is 4.85. The lowest BCUT2D eigenvalue weighted by Crippen LogP contribution is -2.45. The highest BCUT2D eigenvalue weighted by Gasteiger charge is 2.26. The van der Waals surface area contributed by atoms with Gasteiger partial charge in [0, 0.05) is 37.8 Å². The third-order valence-corrected chi connectivity index (χ3v) is 4.39. The summed E-state index contributed by atoms with van der Waals surface area (Å²) in [5.41, 5.74) is 0.554. The fraction of sp³-hybridized carbons (Fsp3) is 0.571. The first-order valence-electron chi connectivity index (χ1n) is 6.73. The average Bonchev–Trinajstić information content (AvgIpc) is 2.43. The van der Waals surface area contributed by atoms with E-state index in [1.807, 2.05) is 0 Å². The van der Waals surface area contributed by atoms with Crippen molar-refractivity contribution in [2.75, 3.05) is 26.2 Å². The van der Waals surface area contributed by atoms with Gasteiger partial charge in [0.25, 0.3) is 0 Å². The average molecular weight is 342 g/mol. The molecule has 0 spiro atoms. The minimum Gasteiger partial charge on any atom is -0.314 e. The summed E-state index contributed by atoms with van der Waals surface area (Å²) in [6.07, 6.45) is 1.87. The first-order valence-corrected chi connectivity index (χ1v) is 7.49. The Kier molecular flexibility index (Phi) is 7.56. The number of nitrogens with one attached hydrogen (secondary N) is 1. The molecule has 20 heavy (non-hydrogen) atoms. The molecule has 1 saturated heterocycles. The number of piperazine rings is 1. The van der Waals surface area contributed by atoms with Crippen LogP contribution in [0.4, 0.5) is 4.39 Å². The Morgan fingerprint density at radius 3 is 2.55 bits per heavy atom. The number of halogens is 4. The van der Waals surface area contributed by atoms with E-state index >= 15 is 0 Å². The quantitative estimate of drug-likeness (QED) is 0.821. The van der Waals surface area contributed by atoms with Crippen molar-refractivity contribution in [3.8, 4) is 0 Å². The van der Waals surface area contributed by atoms with E-state index in [0.29, 0.717) is 15.6 Å². The first kappa shape index (κ1) is 18.0. The van der Waals surface area contributed by atoms with Crippen LogP contribution in [0, 0.1) is 5.82 Å². The van der Waals surface area contributed by atoms with Crippen LogP contribution >= 0.6 is 35.6 Å². The summed E-state index contributed by atoms with van der Waals surface area (Å²) >= 11 is 12.3. The van der Waals surface area contributed by atoms with Crippen LogP contribution < -0.4 is 5.32 Å². The summed E-state index contributed by atoms with van der Waals surface area (Å²) < 4.78 is 14.2. The molecule has 0 aliphatic carbocycles. The number of rotatable bonds is 4. The topological polar surface area (TPSA) is 15.3 Å². The third kappa shape index (κ3) is 3.99. The lowest BCUT2D eigenvalue weighted by molar-refractivity contribution is 0.161. The molecule has 0 saturated carbocycles. The first-order chi connectivity index (χ1) is 9.15. The Labute approximate surface area is 136 Å². The molecule has 6 heteroatoms. The molecule has 2 rings (SSSR count). The summed E-state index contributed by atoms with van der Waals surface area (Å²) in [5.74, 6) is -0.258. The maximum atomic E-state index is 14.2. The van der Waals surface area contributed by atoms with Crippen molar-refractivity contribution in [2.45, 2.75) is 25.8 Å².